The molecule has 3 aliphatic carbocycles. The van der Waals surface area contributed by atoms with Gasteiger partial charge in [-0.25, -0.2) is 0 Å². The number of benzene rings is 3. The lowest BCUT2D eigenvalue weighted by Gasteiger charge is -2.53. The summed E-state index contributed by atoms with van der Waals surface area (Å²) in [4.78, 5) is 75.0. The van der Waals surface area contributed by atoms with E-state index in [9.17, 15) is 54.6 Å². The molecule has 1 aliphatic heterocycles. The maximum absolute atomic E-state index is 14.8. The third kappa shape index (κ3) is 5.39. The number of methoxy groups -OCH3 is 2. The number of aliphatic hydroxyl groups excluding tert-OH is 3. The number of rotatable bonds is 7. The van der Waals surface area contributed by atoms with Crippen LogP contribution in [0.4, 0.5) is 0 Å². The molecule has 16 nitrogen and oxygen atoms in total. The highest BCUT2D eigenvalue weighted by Gasteiger charge is 2.72. The maximum Gasteiger partial charge on any atom is 0.255 e. The molecule has 1 fully saturated rings. The van der Waals surface area contributed by atoms with Crippen molar-refractivity contribution in [3.8, 4) is 11.5 Å². The Balaban J connectivity index is 1.36. The van der Waals surface area contributed by atoms with Crippen LogP contribution in [0.25, 0.3) is 0 Å². The number of Topliss-reactive ketones (excluding diaryl/α,β-unsaturated/α-hetero) is 4. The highest BCUT2D eigenvalue weighted by molar-refractivity contribution is 6.53. The molecule has 0 spiro atoms. The van der Waals surface area contributed by atoms with Gasteiger partial charge >= 0.3 is 0 Å². The number of phenolic OH excluding ortho intramolecular Hbond substituents is 2. The van der Waals surface area contributed by atoms with Crippen molar-refractivity contribution in [3.05, 3.63) is 92.5 Å². The van der Waals surface area contributed by atoms with Gasteiger partial charge in [-0.05, 0) is 36.6 Å². The SMILES string of the molecule is CO[C@H]1[C@H](C)OC(N=C2CC(=O)c3c(cc4c(c3O)C(=O)[C@]3(OC)[C@H](O)Cc5cc(C)c(C(=O)NCc6ccccc6)c(O)c5[C@]3(O)C4=O)C2=O)C(CO)[C@@H]1O. The number of carbonyl (C=O) groups excluding carboxylic acids is 5. The molecule has 7 rings (SSSR count). The van der Waals surface area contributed by atoms with Crippen molar-refractivity contribution in [1.82, 2.24) is 5.32 Å². The lowest BCUT2D eigenvalue weighted by atomic mass is 9.56. The molecule has 2 unspecified atom stereocenters. The van der Waals surface area contributed by atoms with Gasteiger partial charge in [-0.3, -0.25) is 29.0 Å². The van der Waals surface area contributed by atoms with Crippen LogP contribution in [0.2, 0.25) is 0 Å². The van der Waals surface area contributed by atoms with E-state index in [4.69, 9.17) is 14.2 Å². The van der Waals surface area contributed by atoms with Gasteiger partial charge in [0.2, 0.25) is 17.3 Å². The van der Waals surface area contributed by atoms with E-state index in [1.807, 2.05) is 0 Å². The fourth-order valence-corrected chi connectivity index (χ4v) is 8.74. The van der Waals surface area contributed by atoms with Gasteiger partial charge in [-0.15, -0.1) is 0 Å². The summed E-state index contributed by atoms with van der Waals surface area (Å²) in [5.74, 6) is -8.39. The fourth-order valence-electron chi connectivity index (χ4n) is 8.74. The molecule has 1 heterocycles. The number of hydrogen-bond donors (Lipinski definition) is 7. The molecule has 56 heavy (non-hydrogen) atoms. The third-order valence-electron chi connectivity index (χ3n) is 11.5. The lowest BCUT2D eigenvalue weighted by molar-refractivity contribution is -0.206. The number of amides is 1. The van der Waals surface area contributed by atoms with Crippen LogP contribution in [0.5, 0.6) is 11.5 Å². The molecule has 3 aromatic rings. The molecule has 0 bridgehead atoms. The maximum atomic E-state index is 14.8. The molecule has 4 aliphatic rings. The molecule has 3 aromatic carbocycles. The monoisotopic (exact) mass is 772 g/mol. The minimum Gasteiger partial charge on any atom is -0.507 e. The first-order valence-electron chi connectivity index (χ1n) is 17.8. The van der Waals surface area contributed by atoms with Crippen molar-refractivity contribution in [1.29, 1.82) is 0 Å². The molecular weight excluding hydrogens is 732 g/mol. The molecule has 294 valence electrons. The zero-order valence-electron chi connectivity index (χ0n) is 30.7. The summed E-state index contributed by atoms with van der Waals surface area (Å²) in [7, 11) is 2.28. The molecule has 1 saturated heterocycles. The van der Waals surface area contributed by atoms with Gasteiger partial charge in [0.25, 0.3) is 5.91 Å². The Morgan fingerprint density at radius 2 is 1.70 bits per heavy atom. The third-order valence-corrected chi connectivity index (χ3v) is 11.5. The van der Waals surface area contributed by atoms with Crippen molar-refractivity contribution < 1.29 is 68.8 Å². The molecule has 7 N–H and O–H groups in total. The lowest BCUT2D eigenvalue weighted by Crippen LogP contribution is -2.73. The summed E-state index contributed by atoms with van der Waals surface area (Å²) in [6.45, 7) is 2.50. The number of carbonyl (C=O) groups is 5. The van der Waals surface area contributed by atoms with Crippen LogP contribution in [-0.4, -0.2) is 122 Å². The number of aryl methyl sites for hydroxylation is 1. The zero-order valence-corrected chi connectivity index (χ0v) is 30.7. The van der Waals surface area contributed by atoms with Crippen molar-refractivity contribution in [3.63, 3.8) is 0 Å². The van der Waals surface area contributed by atoms with Crippen molar-refractivity contribution in [2.75, 3.05) is 20.8 Å². The quantitative estimate of drug-likeness (QED) is 0.176. The second-order valence-electron chi connectivity index (χ2n) is 14.5. The summed E-state index contributed by atoms with van der Waals surface area (Å²) in [6.07, 6.45) is -7.30. The first kappa shape index (κ1) is 39.1. The van der Waals surface area contributed by atoms with E-state index in [1.165, 1.54) is 20.1 Å². The second-order valence-corrected chi connectivity index (χ2v) is 14.5. The van der Waals surface area contributed by atoms with Crippen LogP contribution in [0.15, 0.2) is 47.5 Å². The highest BCUT2D eigenvalue weighted by atomic mass is 16.6. The van der Waals surface area contributed by atoms with E-state index in [1.54, 1.807) is 37.3 Å². The minimum absolute atomic E-state index is 0.00721. The predicted octanol–water partition coefficient (Wildman–Crippen LogP) is 0.845. The number of fused-ring (bicyclic) bond motifs is 5. The Bertz CT molecular complexity index is 2240. The van der Waals surface area contributed by atoms with E-state index >= 15 is 0 Å². The fraction of sp³-hybridized carbons (Fsp3) is 0.400. The summed E-state index contributed by atoms with van der Waals surface area (Å²) in [5.41, 5.74) is -9.28. The van der Waals surface area contributed by atoms with Gasteiger partial charge in [-0.2, -0.15) is 0 Å². The van der Waals surface area contributed by atoms with E-state index in [-0.39, 0.29) is 23.2 Å². The molecule has 1 amide bonds. The number of hydrogen-bond acceptors (Lipinski definition) is 15. The molecule has 0 aromatic heterocycles. The van der Waals surface area contributed by atoms with Gasteiger partial charge in [-0.1, -0.05) is 36.4 Å². The average molecular weight is 773 g/mol. The minimum atomic E-state index is -3.25. The second kappa shape index (κ2) is 14.1. The standard InChI is InChI=1S/C40H40N2O14/c1-16-10-19-11-25(45)40(55-4)36(51)28-21(35(50)39(40,53)29(19)33(49)26(16)37(52)41-14-18-8-6-5-7-9-18)12-20-27(32(28)48)24(44)13-23(30(20)46)42-38-22(15-43)31(47)34(54-3)17(2)56-38/h5-10,12,17,22,25,31,34,38,43,45,47-49,53H,11,13-15H2,1-4H3,(H,41,52)/t17-,22?,25+,31-,34-,38?,39-,40+/m0/s1. The number of aliphatic imine (C=N–C) groups is 1. The largest absolute Gasteiger partial charge is 0.507 e. The predicted molar refractivity (Wildman–Crippen MR) is 193 cm³/mol. The van der Waals surface area contributed by atoms with Gasteiger partial charge in [0.15, 0.2) is 23.2 Å². The smallest absolute Gasteiger partial charge is 0.255 e. The van der Waals surface area contributed by atoms with E-state index in [0.717, 1.165) is 18.7 Å². The topological polar surface area (TPSA) is 259 Å². The number of aromatic hydroxyl groups is 2. The van der Waals surface area contributed by atoms with E-state index in [0.29, 0.717) is 0 Å². The first-order chi connectivity index (χ1) is 26.6. The van der Waals surface area contributed by atoms with Crippen LogP contribution < -0.4 is 5.32 Å². The molecule has 16 heteroatoms. The van der Waals surface area contributed by atoms with Crippen LogP contribution >= 0.6 is 0 Å². The van der Waals surface area contributed by atoms with E-state index in [2.05, 4.69) is 10.3 Å². The summed E-state index contributed by atoms with van der Waals surface area (Å²) in [6, 6.07) is 11.1. The van der Waals surface area contributed by atoms with Crippen molar-refractivity contribution in [2.24, 2.45) is 10.9 Å². The molecule has 8 atom stereocenters. The van der Waals surface area contributed by atoms with Gasteiger partial charge in [0.1, 0.15) is 17.6 Å². The molecule has 0 saturated carbocycles. The Morgan fingerprint density at radius 1 is 1.00 bits per heavy atom. The summed E-state index contributed by atoms with van der Waals surface area (Å²) >= 11 is 0. The van der Waals surface area contributed by atoms with Crippen LogP contribution in [0.1, 0.15) is 87.4 Å². The zero-order chi connectivity index (χ0) is 40.6. The van der Waals surface area contributed by atoms with Crippen molar-refractivity contribution in [2.45, 2.75) is 75.1 Å². The Kier molecular flexibility index (Phi) is 9.81. The number of ketones is 4. The first-order valence-corrected chi connectivity index (χ1v) is 17.8. The number of aliphatic hydroxyl groups is 4. The van der Waals surface area contributed by atoms with Crippen LogP contribution in [0.3, 0.4) is 0 Å². The Labute approximate surface area is 319 Å². The van der Waals surface area contributed by atoms with Crippen LogP contribution in [-0.2, 0) is 32.8 Å². The summed E-state index contributed by atoms with van der Waals surface area (Å²) < 4.78 is 16.7. The Morgan fingerprint density at radius 3 is 2.34 bits per heavy atom. The van der Waals surface area contributed by atoms with Gasteiger partial charge < -0.3 is 50.2 Å². The number of ether oxygens (including phenoxy) is 3. The van der Waals surface area contributed by atoms with Crippen molar-refractivity contribution >= 4 is 34.8 Å². The summed E-state index contributed by atoms with van der Waals surface area (Å²) in [5, 5.41) is 71.2. The number of phenols is 2. The Hall–Kier alpha value is -5.20. The normalized spacial score (nSPS) is 30.4. The molecule has 0 radical (unpaired) electrons. The van der Waals surface area contributed by atoms with Crippen LogP contribution in [0, 0.1) is 12.8 Å². The van der Waals surface area contributed by atoms with Gasteiger partial charge in [0, 0.05) is 43.9 Å². The van der Waals surface area contributed by atoms with Gasteiger partial charge in [0.05, 0.1) is 59.7 Å². The highest BCUT2D eigenvalue weighted by Crippen LogP contribution is 2.56. The number of nitrogens with one attached hydrogen (secondary N) is 1. The average Bonchev–Trinajstić information content (AvgIpc) is 3.15. The van der Waals surface area contributed by atoms with E-state index < -0.39 is 141 Å². The number of nitrogens with zero attached hydrogens (tertiary/aromatic N) is 1. The molecular formula is C40H40N2O14.